The van der Waals surface area contributed by atoms with E-state index in [9.17, 15) is 4.79 Å². The van der Waals surface area contributed by atoms with Crippen LogP contribution in [0.2, 0.25) is 0 Å². The quantitative estimate of drug-likeness (QED) is 0.842. The molecule has 1 fully saturated rings. The summed E-state index contributed by atoms with van der Waals surface area (Å²) in [4.78, 5) is 12.3. The van der Waals surface area contributed by atoms with Crippen molar-refractivity contribution in [2.24, 2.45) is 5.92 Å². The van der Waals surface area contributed by atoms with E-state index in [0.29, 0.717) is 0 Å². The predicted octanol–water partition coefficient (Wildman–Crippen LogP) is 2.82. The van der Waals surface area contributed by atoms with Crippen LogP contribution in [0.1, 0.15) is 43.7 Å². The third-order valence-electron chi connectivity index (χ3n) is 4.61. The molecule has 1 saturated carbocycles. The number of fused-ring (bicyclic) bond motifs is 1. The standard InChI is InChI=1S/C17H23NO2/c1-12-6-8-15(9-7-12)20-17(19)16-10-13-4-2-3-5-14(13)11-18-16/h2-5,12,15-16,18H,6-11H2,1H3/t12?,15?,16-/m0/s1. The molecule has 0 spiro atoms. The van der Waals surface area contributed by atoms with E-state index in [0.717, 1.165) is 31.7 Å². The second kappa shape index (κ2) is 5.96. The number of carbonyl (C=O) groups is 1. The highest BCUT2D eigenvalue weighted by atomic mass is 16.5. The van der Waals surface area contributed by atoms with Gasteiger partial charge in [0.1, 0.15) is 12.1 Å². The number of benzene rings is 1. The molecule has 0 bridgehead atoms. The second-order valence-electron chi connectivity index (χ2n) is 6.23. The van der Waals surface area contributed by atoms with Gasteiger partial charge in [-0.1, -0.05) is 31.2 Å². The van der Waals surface area contributed by atoms with Crippen LogP contribution in [0.3, 0.4) is 0 Å². The van der Waals surface area contributed by atoms with Crippen molar-refractivity contribution in [3.63, 3.8) is 0 Å². The van der Waals surface area contributed by atoms with Crippen molar-refractivity contribution in [1.82, 2.24) is 5.32 Å². The average molecular weight is 273 g/mol. The fourth-order valence-corrected chi connectivity index (χ4v) is 3.21. The molecule has 1 N–H and O–H groups in total. The fourth-order valence-electron chi connectivity index (χ4n) is 3.21. The van der Waals surface area contributed by atoms with Gasteiger partial charge in [0.2, 0.25) is 0 Å². The number of rotatable bonds is 2. The van der Waals surface area contributed by atoms with Gasteiger partial charge in [0.05, 0.1) is 0 Å². The molecular weight excluding hydrogens is 250 g/mol. The first-order valence-electron chi connectivity index (χ1n) is 7.73. The van der Waals surface area contributed by atoms with E-state index in [1.807, 2.05) is 12.1 Å². The van der Waals surface area contributed by atoms with Crippen LogP contribution in [0, 0.1) is 5.92 Å². The number of hydrogen-bond donors (Lipinski definition) is 1. The minimum absolute atomic E-state index is 0.0703. The first kappa shape index (κ1) is 13.6. The molecule has 0 unspecified atom stereocenters. The van der Waals surface area contributed by atoms with Crippen LogP contribution < -0.4 is 5.32 Å². The van der Waals surface area contributed by atoms with E-state index < -0.39 is 0 Å². The molecule has 3 nitrogen and oxygen atoms in total. The van der Waals surface area contributed by atoms with Gasteiger partial charge in [-0.25, -0.2) is 0 Å². The Bertz CT molecular complexity index is 478. The first-order valence-corrected chi connectivity index (χ1v) is 7.73. The zero-order valence-electron chi connectivity index (χ0n) is 12.1. The molecule has 0 saturated heterocycles. The Morgan fingerprint density at radius 2 is 1.85 bits per heavy atom. The Labute approximate surface area is 120 Å². The first-order chi connectivity index (χ1) is 9.72. The van der Waals surface area contributed by atoms with E-state index in [1.165, 1.54) is 24.0 Å². The fraction of sp³-hybridized carbons (Fsp3) is 0.588. The molecule has 20 heavy (non-hydrogen) atoms. The molecule has 0 amide bonds. The molecule has 1 aromatic carbocycles. The molecule has 108 valence electrons. The summed E-state index contributed by atoms with van der Waals surface area (Å²) in [5.41, 5.74) is 2.56. The smallest absolute Gasteiger partial charge is 0.323 e. The minimum Gasteiger partial charge on any atom is -0.461 e. The summed E-state index contributed by atoms with van der Waals surface area (Å²) < 4.78 is 5.69. The number of carbonyl (C=O) groups excluding carboxylic acids is 1. The van der Waals surface area contributed by atoms with Crippen molar-refractivity contribution in [2.45, 2.75) is 57.7 Å². The van der Waals surface area contributed by atoms with E-state index >= 15 is 0 Å². The highest BCUT2D eigenvalue weighted by molar-refractivity contribution is 5.77. The average Bonchev–Trinajstić information content (AvgIpc) is 2.49. The summed E-state index contributed by atoms with van der Waals surface area (Å²) >= 11 is 0. The van der Waals surface area contributed by atoms with Crippen molar-refractivity contribution < 1.29 is 9.53 Å². The zero-order valence-corrected chi connectivity index (χ0v) is 12.1. The minimum atomic E-state index is -0.177. The molecule has 1 atom stereocenters. The maximum absolute atomic E-state index is 12.3. The van der Waals surface area contributed by atoms with Crippen molar-refractivity contribution >= 4 is 5.97 Å². The number of ether oxygens (including phenoxy) is 1. The lowest BCUT2D eigenvalue weighted by atomic mass is 9.89. The highest BCUT2D eigenvalue weighted by Crippen LogP contribution is 2.26. The van der Waals surface area contributed by atoms with Gasteiger partial charge in [0.25, 0.3) is 0 Å². The Kier molecular flexibility index (Phi) is 4.06. The van der Waals surface area contributed by atoms with Gasteiger partial charge < -0.3 is 10.1 Å². The van der Waals surface area contributed by atoms with Gasteiger partial charge in [-0.2, -0.15) is 0 Å². The molecule has 0 aromatic heterocycles. The number of esters is 1. The van der Waals surface area contributed by atoms with E-state index in [2.05, 4.69) is 24.4 Å². The predicted molar refractivity (Wildman–Crippen MR) is 78.3 cm³/mol. The van der Waals surface area contributed by atoms with E-state index in [-0.39, 0.29) is 18.1 Å². The van der Waals surface area contributed by atoms with Gasteiger partial charge in [-0.3, -0.25) is 4.79 Å². The van der Waals surface area contributed by atoms with Crippen LogP contribution in [0.4, 0.5) is 0 Å². The van der Waals surface area contributed by atoms with Crippen molar-refractivity contribution in [1.29, 1.82) is 0 Å². The summed E-state index contributed by atoms with van der Waals surface area (Å²) in [6.07, 6.45) is 5.29. The molecule has 1 aliphatic carbocycles. The summed E-state index contributed by atoms with van der Waals surface area (Å²) in [7, 11) is 0. The van der Waals surface area contributed by atoms with Gasteiger partial charge in [-0.15, -0.1) is 0 Å². The Balaban J connectivity index is 1.56. The van der Waals surface area contributed by atoms with Crippen LogP contribution in [-0.4, -0.2) is 18.1 Å². The molecule has 0 radical (unpaired) electrons. The Morgan fingerprint density at radius 3 is 2.60 bits per heavy atom. The normalized spacial score (nSPS) is 29.6. The van der Waals surface area contributed by atoms with Crippen LogP contribution in [0.25, 0.3) is 0 Å². The third-order valence-corrected chi connectivity index (χ3v) is 4.61. The SMILES string of the molecule is CC1CCC(OC(=O)[C@@H]2Cc3ccccc3CN2)CC1. The molecular formula is C17H23NO2. The molecule has 1 aliphatic heterocycles. The maximum atomic E-state index is 12.3. The lowest BCUT2D eigenvalue weighted by molar-refractivity contribution is -0.153. The third kappa shape index (κ3) is 3.04. The van der Waals surface area contributed by atoms with Crippen LogP contribution >= 0.6 is 0 Å². The monoisotopic (exact) mass is 273 g/mol. The van der Waals surface area contributed by atoms with Gasteiger partial charge in [-0.05, 0) is 49.1 Å². The van der Waals surface area contributed by atoms with Crippen molar-refractivity contribution in [3.05, 3.63) is 35.4 Å². The van der Waals surface area contributed by atoms with Gasteiger partial charge in [0, 0.05) is 6.54 Å². The molecule has 3 rings (SSSR count). The van der Waals surface area contributed by atoms with Crippen molar-refractivity contribution in [2.75, 3.05) is 0 Å². The number of hydrogen-bond acceptors (Lipinski definition) is 3. The summed E-state index contributed by atoms with van der Waals surface area (Å²) in [5, 5.41) is 3.30. The summed E-state index contributed by atoms with van der Waals surface area (Å²) in [5.74, 6) is 0.712. The summed E-state index contributed by atoms with van der Waals surface area (Å²) in [6.45, 7) is 3.04. The van der Waals surface area contributed by atoms with Crippen LogP contribution in [-0.2, 0) is 22.5 Å². The molecule has 1 heterocycles. The Hall–Kier alpha value is -1.35. The lowest BCUT2D eigenvalue weighted by Gasteiger charge is -2.29. The van der Waals surface area contributed by atoms with Crippen LogP contribution in [0.5, 0.6) is 0 Å². The summed E-state index contributed by atoms with van der Waals surface area (Å²) in [6, 6.07) is 8.13. The largest absolute Gasteiger partial charge is 0.461 e. The zero-order chi connectivity index (χ0) is 13.9. The Morgan fingerprint density at radius 1 is 1.15 bits per heavy atom. The second-order valence-corrected chi connectivity index (χ2v) is 6.23. The molecule has 2 aliphatic rings. The van der Waals surface area contributed by atoms with E-state index in [4.69, 9.17) is 4.74 Å². The van der Waals surface area contributed by atoms with E-state index in [1.54, 1.807) is 0 Å². The highest BCUT2D eigenvalue weighted by Gasteiger charge is 2.28. The van der Waals surface area contributed by atoms with Gasteiger partial charge >= 0.3 is 5.97 Å². The topological polar surface area (TPSA) is 38.3 Å². The number of nitrogens with one attached hydrogen (secondary N) is 1. The van der Waals surface area contributed by atoms with Crippen molar-refractivity contribution in [3.8, 4) is 0 Å². The lowest BCUT2D eigenvalue weighted by Crippen LogP contribution is -2.44. The molecule has 1 aromatic rings. The molecule has 3 heteroatoms. The maximum Gasteiger partial charge on any atom is 0.323 e. The van der Waals surface area contributed by atoms with Gasteiger partial charge in [0.15, 0.2) is 0 Å². The van der Waals surface area contributed by atoms with Crippen LogP contribution in [0.15, 0.2) is 24.3 Å².